The van der Waals surface area contributed by atoms with Crippen LogP contribution in [0.25, 0.3) is 16.8 Å². The lowest BCUT2D eigenvalue weighted by atomic mass is 9.95. The minimum atomic E-state index is -0.868. The number of benzene rings is 3. The van der Waals surface area contributed by atoms with Crippen molar-refractivity contribution in [3.05, 3.63) is 89.5 Å². The second-order valence-corrected chi connectivity index (χ2v) is 9.38. The average Bonchev–Trinajstić information content (AvgIpc) is 3.51. The minimum absolute atomic E-state index is 0.0123. The number of aromatic amines is 1. The number of aliphatic hydroxyl groups is 1. The highest BCUT2D eigenvalue weighted by Crippen LogP contribution is 2.42. The third-order valence-electron chi connectivity index (χ3n) is 6.99. The van der Waals surface area contributed by atoms with Gasteiger partial charge in [0.25, 0.3) is 5.78 Å². The van der Waals surface area contributed by atoms with Crippen molar-refractivity contribution in [2.45, 2.75) is 33.2 Å². The van der Waals surface area contributed by atoms with Crippen LogP contribution in [0.4, 0.5) is 11.6 Å². The maximum atomic E-state index is 13.5. The fourth-order valence-corrected chi connectivity index (χ4v) is 4.96. The van der Waals surface area contributed by atoms with E-state index in [4.69, 9.17) is 4.74 Å². The molecule has 1 amide bonds. The van der Waals surface area contributed by atoms with Crippen molar-refractivity contribution in [2.75, 3.05) is 29.5 Å². The van der Waals surface area contributed by atoms with E-state index in [1.54, 1.807) is 24.3 Å². The Morgan fingerprint density at radius 3 is 2.31 bits per heavy atom. The Labute approximate surface area is 227 Å². The summed E-state index contributed by atoms with van der Waals surface area (Å²) >= 11 is 0. The highest BCUT2D eigenvalue weighted by Gasteiger charge is 2.48. The molecule has 2 heterocycles. The zero-order chi connectivity index (χ0) is 27.5. The van der Waals surface area contributed by atoms with Gasteiger partial charge in [0.2, 0.25) is 5.95 Å². The lowest BCUT2D eigenvalue weighted by molar-refractivity contribution is -0.132. The van der Waals surface area contributed by atoms with Gasteiger partial charge >= 0.3 is 5.91 Å². The summed E-state index contributed by atoms with van der Waals surface area (Å²) < 4.78 is 5.65. The highest BCUT2D eigenvalue weighted by molar-refractivity contribution is 6.51. The number of nitrogens with zero attached hydrogens (tertiary/aromatic N) is 3. The number of Topliss-reactive ketones (excluding diaryl/α,β-unsaturated/α-hetero) is 1. The Kier molecular flexibility index (Phi) is 7.36. The summed E-state index contributed by atoms with van der Waals surface area (Å²) in [5.74, 6) is -0.849. The number of fused-ring (bicyclic) bond motifs is 1. The van der Waals surface area contributed by atoms with Crippen LogP contribution in [0.15, 0.2) is 78.4 Å². The van der Waals surface area contributed by atoms with Crippen molar-refractivity contribution in [3.63, 3.8) is 0 Å². The molecule has 2 N–H and O–H groups in total. The number of anilines is 2. The van der Waals surface area contributed by atoms with Crippen molar-refractivity contribution in [2.24, 2.45) is 0 Å². The molecular weight excluding hydrogens is 492 g/mol. The lowest BCUT2D eigenvalue weighted by Crippen LogP contribution is -2.30. The quantitative estimate of drug-likeness (QED) is 0.163. The van der Waals surface area contributed by atoms with Gasteiger partial charge in [-0.15, -0.1) is 0 Å². The van der Waals surface area contributed by atoms with E-state index in [1.165, 1.54) is 4.90 Å². The molecule has 0 aliphatic carbocycles. The molecule has 1 aromatic heterocycles. The van der Waals surface area contributed by atoms with Crippen molar-refractivity contribution < 1.29 is 19.4 Å². The fraction of sp³-hybridized carbons (Fsp3) is 0.258. The first-order chi connectivity index (χ1) is 19.0. The van der Waals surface area contributed by atoms with Gasteiger partial charge in [0, 0.05) is 24.3 Å². The van der Waals surface area contributed by atoms with E-state index < -0.39 is 17.7 Å². The number of ketones is 1. The zero-order valence-electron chi connectivity index (χ0n) is 22.3. The summed E-state index contributed by atoms with van der Waals surface area (Å²) in [7, 11) is 0. The van der Waals surface area contributed by atoms with Crippen molar-refractivity contribution in [3.8, 4) is 5.75 Å². The van der Waals surface area contributed by atoms with Crippen LogP contribution in [-0.2, 0) is 9.59 Å². The largest absolute Gasteiger partial charge is 0.507 e. The van der Waals surface area contributed by atoms with Crippen molar-refractivity contribution in [1.29, 1.82) is 0 Å². The van der Waals surface area contributed by atoms with Gasteiger partial charge in [0.05, 0.1) is 29.3 Å². The average molecular weight is 525 g/mol. The molecule has 1 aliphatic heterocycles. The Balaban J connectivity index is 1.63. The third-order valence-corrected chi connectivity index (χ3v) is 6.99. The summed E-state index contributed by atoms with van der Waals surface area (Å²) in [5.41, 5.74) is 3.58. The van der Waals surface area contributed by atoms with Crippen LogP contribution in [0.1, 0.15) is 44.4 Å². The molecule has 200 valence electrons. The van der Waals surface area contributed by atoms with Gasteiger partial charge in [-0.2, -0.15) is 0 Å². The minimum Gasteiger partial charge on any atom is -0.507 e. The number of aromatic nitrogens is 2. The number of aliphatic hydroxyl groups excluding tert-OH is 1. The molecular formula is C31H32N4O4. The maximum absolute atomic E-state index is 13.5. The van der Waals surface area contributed by atoms with Gasteiger partial charge in [0.1, 0.15) is 11.5 Å². The molecule has 39 heavy (non-hydrogen) atoms. The number of hydrogen-bond acceptors (Lipinski definition) is 6. The summed E-state index contributed by atoms with van der Waals surface area (Å²) in [4.78, 5) is 38.3. The number of rotatable bonds is 9. The number of carbonyl (C=O) groups is 2. The third kappa shape index (κ3) is 4.85. The van der Waals surface area contributed by atoms with Gasteiger partial charge in [0.15, 0.2) is 0 Å². The van der Waals surface area contributed by atoms with E-state index in [1.807, 2.05) is 55.5 Å². The van der Waals surface area contributed by atoms with Crippen LogP contribution >= 0.6 is 0 Å². The summed E-state index contributed by atoms with van der Waals surface area (Å²) in [5, 5.41) is 11.4. The first kappa shape index (κ1) is 26.0. The Morgan fingerprint density at radius 1 is 0.974 bits per heavy atom. The maximum Gasteiger partial charge on any atom is 0.302 e. The molecule has 0 radical (unpaired) electrons. The van der Waals surface area contributed by atoms with Gasteiger partial charge in [-0.3, -0.25) is 14.5 Å². The zero-order valence-corrected chi connectivity index (χ0v) is 22.3. The van der Waals surface area contributed by atoms with Crippen LogP contribution in [0.2, 0.25) is 0 Å². The molecule has 1 atom stereocenters. The molecule has 8 heteroatoms. The second kappa shape index (κ2) is 11.0. The van der Waals surface area contributed by atoms with E-state index in [0.717, 1.165) is 30.7 Å². The summed E-state index contributed by atoms with van der Waals surface area (Å²) in [6.07, 6.45) is 0.875. The van der Waals surface area contributed by atoms with Crippen LogP contribution in [0, 0.1) is 0 Å². The molecule has 1 aliphatic rings. The monoisotopic (exact) mass is 524 g/mol. The Morgan fingerprint density at radius 2 is 1.67 bits per heavy atom. The number of nitrogens with one attached hydrogen (secondary N) is 1. The number of carbonyl (C=O) groups excluding carboxylic acids is 2. The van der Waals surface area contributed by atoms with Crippen LogP contribution < -0.4 is 14.5 Å². The number of ether oxygens (including phenoxy) is 1. The molecule has 1 unspecified atom stereocenters. The number of imidazole rings is 1. The van der Waals surface area contributed by atoms with E-state index >= 15 is 0 Å². The van der Waals surface area contributed by atoms with Crippen LogP contribution in [0.3, 0.4) is 0 Å². The van der Waals surface area contributed by atoms with Crippen molar-refractivity contribution in [1.82, 2.24) is 9.97 Å². The van der Waals surface area contributed by atoms with Crippen LogP contribution in [-0.4, -0.2) is 46.5 Å². The van der Waals surface area contributed by atoms with Gasteiger partial charge in [-0.05, 0) is 74.4 Å². The first-order valence-electron chi connectivity index (χ1n) is 13.3. The van der Waals surface area contributed by atoms with E-state index in [2.05, 4.69) is 28.7 Å². The van der Waals surface area contributed by atoms with Gasteiger partial charge < -0.3 is 19.7 Å². The predicted octanol–water partition coefficient (Wildman–Crippen LogP) is 5.82. The number of H-pyrrole nitrogens is 1. The van der Waals surface area contributed by atoms with Gasteiger partial charge in [-0.1, -0.05) is 31.2 Å². The summed E-state index contributed by atoms with van der Waals surface area (Å²) in [6, 6.07) is 21.2. The van der Waals surface area contributed by atoms with E-state index in [9.17, 15) is 14.7 Å². The molecule has 1 fully saturated rings. The van der Waals surface area contributed by atoms with E-state index in [-0.39, 0.29) is 17.3 Å². The molecule has 3 aromatic carbocycles. The second-order valence-electron chi connectivity index (χ2n) is 9.38. The Bertz CT molecular complexity index is 1490. The van der Waals surface area contributed by atoms with E-state index in [0.29, 0.717) is 29.0 Å². The predicted molar refractivity (Wildman–Crippen MR) is 153 cm³/mol. The highest BCUT2D eigenvalue weighted by atomic mass is 16.5. The molecule has 4 aromatic rings. The fourth-order valence-electron chi connectivity index (χ4n) is 4.96. The van der Waals surface area contributed by atoms with Crippen LogP contribution in [0.5, 0.6) is 5.75 Å². The SMILES string of the molecule is CCCOc1ccc(/C(O)=C2\C(=O)C(=O)N(c3nc4ccccc4[nH]3)C2c2ccc(N(CC)CC)cc2)cc1. The standard InChI is InChI=1S/C31H32N4O4/c1-4-19-39-23-17-13-21(14-18-23)28(36)26-27(20-11-15-22(16-12-20)34(5-2)6-3)35(30(38)29(26)37)31-32-24-9-7-8-10-25(24)33-31/h7-18,27,36H,4-6,19H2,1-3H3,(H,32,33)/b28-26+. The normalized spacial score (nSPS) is 16.7. The molecule has 0 bridgehead atoms. The van der Waals surface area contributed by atoms with Crippen molar-refractivity contribution >= 4 is 40.1 Å². The number of hydrogen-bond donors (Lipinski definition) is 2. The summed E-state index contributed by atoms with van der Waals surface area (Å²) in [6.45, 7) is 8.49. The molecule has 5 rings (SSSR count). The topological polar surface area (TPSA) is 98.8 Å². The Hall–Kier alpha value is -4.59. The first-order valence-corrected chi connectivity index (χ1v) is 13.3. The lowest BCUT2D eigenvalue weighted by Gasteiger charge is -2.25. The van der Waals surface area contributed by atoms with Gasteiger partial charge in [-0.25, -0.2) is 4.98 Å². The molecule has 8 nitrogen and oxygen atoms in total. The smallest absolute Gasteiger partial charge is 0.302 e. The molecule has 0 spiro atoms. The molecule has 0 saturated carbocycles. The number of amides is 1. The number of para-hydroxylation sites is 2. The molecule has 1 saturated heterocycles.